The van der Waals surface area contributed by atoms with E-state index in [1.807, 2.05) is 0 Å². The largest absolute Gasteiger partial charge is 0.494 e. The van der Waals surface area contributed by atoms with Crippen molar-refractivity contribution >= 4 is 40.9 Å². The highest BCUT2D eigenvalue weighted by Crippen LogP contribution is 2.33. The van der Waals surface area contributed by atoms with Gasteiger partial charge in [0.1, 0.15) is 5.56 Å². The first-order valence-electron chi connectivity index (χ1n) is 6.29. The quantitative estimate of drug-likeness (QED) is 0.765. The summed E-state index contributed by atoms with van der Waals surface area (Å²) in [5, 5.41) is 2.80. The van der Waals surface area contributed by atoms with Gasteiger partial charge in [-0.15, -0.1) is 0 Å². The topological polar surface area (TPSA) is 81.7 Å². The Labute approximate surface area is 137 Å². The normalized spacial score (nSPS) is 10.0. The lowest BCUT2D eigenvalue weighted by molar-refractivity contribution is -0.141. The highest BCUT2D eigenvalue weighted by Gasteiger charge is 2.20. The van der Waals surface area contributed by atoms with E-state index in [-0.39, 0.29) is 46.5 Å². The summed E-state index contributed by atoms with van der Waals surface area (Å²) in [6, 6.07) is 2.96. The maximum atomic E-state index is 12.1. The molecule has 0 spiro atoms. The lowest BCUT2D eigenvalue weighted by atomic mass is 10.1. The van der Waals surface area contributed by atoms with Crippen LogP contribution >= 0.6 is 23.2 Å². The van der Waals surface area contributed by atoms with Crippen LogP contribution in [-0.4, -0.2) is 38.4 Å². The van der Waals surface area contributed by atoms with Gasteiger partial charge in [0, 0.05) is 6.42 Å². The molecule has 0 saturated carbocycles. The van der Waals surface area contributed by atoms with Crippen LogP contribution in [0, 0.1) is 0 Å². The highest BCUT2D eigenvalue weighted by molar-refractivity contribution is 6.37. The zero-order chi connectivity index (χ0) is 16.7. The Kier molecular flexibility index (Phi) is 7.14. The average Bonchev–Trinajstić information content (AvgIpc) is 2.51. The van der Waals surface area contributed by atoms with E-state index in [0.717, 1.165) is 0 Å². The molecule has 0 bridgehead atoms. The van der Waals surface area contributed by atoms with Crippen LogP contribution in [0.2, 0.25) is 10.0 Å². The summed E-state index contributed by atoms with van der Waals surface area (Å²) in [7, 11) is 2.60. The average molecular weight is 348 g/mol. The molecule has 0 saturated heterocycles. The summed E-state index contributed by atoms with van der Waals surface area (Å²) in [5.74, 6) is -1.25. The lowest BCUT2D eigenvalue weighted by Crippen LogP contribution is -2.30. The van der Waals surface area contributed by atoms with E-state index in [1.54, 1.807) is 0 Å². The van der Waals surface area contributed by atoms with Crippen LogP contribution in [0.5, 0.6) is 5.75 Å². The predicted molar refractivity (Wildman–Crippen MR) is 81.6 cm³/mol. The number of carbonyl (C=O) groups is 3. The monoisotopic (exact) mass is 347 g/mol. The molecule has 0 aliphatic heterocycles. The second-order valence-corrected chi connectivity index (χ2v) is 5.05. The number of hydrogen-bond donors (Lipinski definition) is 1. The number of ketones is 1. The summed E-state index contributed by atoms with van der Waals surface area (Å²) >= 11 is 11.9. The van der Waals surface area contributed by atoms with Crippen LogP contribution < -0.4 is 10.1 Å². The van der Waals surface area contributed by atoms with E-state index < -0.39 is 11.9 Å². The van der Waals surface area contributed by atoms with Crippen LogP contribution in [0.1, 0.15) is 23.2 Å². The fourth-order valence-corrected chi connectivity index (χ4v) is 2.11. The van der Waals surface area contributed by atoms with E-state index in [1.165, 1.54) is 26.4 Å². The van der Waals surface area contributed by atoms with E-state index >= 15 is 0 Å². The van der Waals surface area contributed by atoms with E-state index in [2.05, 4.69) is 10.1 Å². The number of hydrogen-bond acceptors (Lipinski definition) is 5. The standard InChI is InChI=1S/C14H15Cl2NO5/c1-21-11(19)6-3-8(18)7-17-14(20)12-9(15)4-5-10(16)13(12)22-2/h4-5H,3,6-7H2,1-2H3,(H,17,20). The molecule has 0 heterocycles. The predicted octanol–water partition coefficient (Wildman–Crippen LogP) is 2.25. The molecule has 0 fully saturated rings. The fourth-order valence-electron chi connectivity index (χ4n) is 1.64. The van der Waals surface area contributed by atoms with Gasteiger partial charge in [0.05, 0.1) is 37.2 Å². The van der Waals surface area contributed by atoms with E-state index in [4.69, 9.17) is 27.9 Å². The molecule has 6 nitrogen and oxygen atoms in total. The molecule has 120 valence electrons. The Bertz CT molecular complexity index is 589. The third-order valence-corrected chi connectivity index (χ3v) is 3.38. The molecule has 1 aromatic carbocycles. The molecule has 0 aromatic heterocycles. The van der Waals surface area contributed by atoms with Gasteiger partial charge in [0.2, 0.25) is 0 Å². The van der Waals surface area contributed by atoms with Crippen LogP contribution in [-0.2, 0) is 14.3 Å². The highest BCUT2D eigenvalue weighted by atomic mass is 35.5. The van der Waals surface area contributed by atoms with Gasteiger partial charge in [-0.3, -0.25) is 14.4 Å². The van der Waals surface area contributed by atoms with Crippen LogP contribution in [0.4, 0.5) is 0 Å². The van der Waals surface area contributed by atoms with Crippen molar-refractivity contribution in [2.45, 2.75) is 12.8 Å². The molecular formula is C14H15Cl2NO5. The summed E-state index contributed by atoms with van der Waals surface area (Å²) in [5.41, 5.74) is 0.0532. The zero-order valence-electron chi connectivity index (χ0n) is 12.1. The van der Waals surface area contributed by atoms with E-state index in [0.29, 0.717) is 0 Å². The number of benzene rings is 1. The minimum Gasteiger partial charge on any atom is -0.494 e. The number of halogens is 2. The second-order valence-electron chi connectivity index (χ2n) is 4.23. The van der Waals surface area contributed by atoms with Crippen molar-refractivity contribution in [3.8, 4) is 5.75 Å². The maximum Gasteiger partial charge on any atom is 0.305 e. The molecule has 0 atom stereocenters. The van der Waals surface area contributed by atoms with Gasteiger partial charge >= 0.3 is 5.97 Å². The maximum absolute atomic E-state index is 12.1. The first-order valence-corrected chi connectivity index (χ1v) is 7.05. The number of nitrogens with one attached hydrogen (secondary N) is 1. The number of amides is 1. The van der Waals surface area contributed by atoms with Crippen molar-refractivity contribution in [3.63, 3.8) is 0 Å². The summed E-state index contributed by atoms with van der Waals surface area (Å²) < 4.78 is 9.48. The Hall–Kier alpha value is -1.79. The van der Waals surface area contributed by atoms with Gasteiger partial charge in [-0.2, -0.15) is 0 Å². The van der Waals surface area contributed by atoms with Crippen LogP contribution in [0.3, 0.4) is 0 Å². The molecule has 0 aliphatic carbocycles. The number of esters is 1. The molecule has 22 heavy (non-hydrogen) atoms. The smallest absolute Gasteiger partial charge is 0.305 e. The second kappa shape index (κ2) is 8.60. The molecule has 1 rings (SSSR count). The van der Waals surface area contributed by atoms with E-state index in [9.17, 15) is 14.4 Å². The van der Waals surface area contributed by atoms with Gasteiger partial charge < -0.3 is 14.8 Å². The molecular weight excluding hydrogens is 333 g/mol. The minimum absolute atomic E-state index is 0.0205. The van der Waals surface area contributed by atoms with Crippen LogP contribution in [0.25, 0.3) is 0 Å². The molecule has 1 N–H and O–H groups in total. The lowest BCUT2D eigenvalue weighted by Gasteiger charge is -2.12. The molecule has 0 radical (unpaired) electrons. The Balaban J connectivity index is 2.69. The van der Waals surface area contributed by atoms with Gasteiger partial charge in [0.15, 0.2) is 11.5 Å². The SMILES string of the molecule is COC(=O)CCC(=O)CNC(=O)c1c(Cl)ccc(Cl)c1OC. The molecule has 1 amide bonds. The molecule has 1 aromatic rings. The summed E-state index contributed by atoms with van der Waals surface area (Å²) in [6.45, 7) is -0.234. The number of ether oxygens (including phenoxy) is 2. The number of rotatable bonds is 7. The van der Waals surface area contributed by atoms with Gasteiger partial charge in [0.25, 0.3) is 5.91 Å². The first-order chi connectivity index (χ1) is 10.4. The fraction of sp³-hybridized carbons (Fsp3) is 0.357. The minimum atomic E-state index is -0.587. The molecule has 0 aliphatic rings. The van der Waals surface area contributed by atoms with Crippen molar-refractivity contribution in [1.29, 1.82) is 0 Å². The van der Waals surface area contributed by atoms with Crippen molar-refractivity contribution in [2.75, 3.05) is 20.8 Å². The Morgan fingerprint density at radius 2 is 1.73 bits per heavy atom. The van der Waals surface area contributed by atoms with Gasteiger partial charge in [-0.1, -0.05) is 23.2 Å². The number of Topliss-reactive ketones (excluding diaryl/α,β-unsaturated/α-hetero) is 1. The van der Waals surface area contributed by atoms with Crippen molar-refractivity contribution < 1.29 is 23.9 Å². The third kappa shape index (κ3) is 4.89. The summed E-state index contributed by atoms with van der Waals surface area (Å²) in [6.07, 6.45) is -0.0557. The summed E-state index contributed by atoms with van der Waals surface area (Å²) in [4.78, 5) is 34.6. The molecule has 8 heteroatoms. The third-order valence-electron chi connectivity index (χ3n) is 2.77. The van der Waals surface area contributed by atoms with Crippen molar-refractivity contribution in [1.82, 2.24) is 5.32 Å². The number of carbonyl (C=O) groups excluding carboxylic acids is 3. The first kappa shape index (κ1) is 18.3. The van der Waals surface area contributed by atoms with Crippen molar-refractivity contribution in [2.24, 2.45) is 0 Å². The van der Waals surface area contributed by atoms with Gasteiger partial charge in [-0.05, 0) is 12.1 Å². The Morgan fingerprint density at radius 1 is 1.09 bits per heavy atom. The van der Waals surface area contributed by atoms with Gasteiger partial charge in [-0.25, -0.2) is 0 Å². The van der Waals surface area contributed by atoms with Crippen molar-refractivity contribution in [3.05, 3.63) is 27.7 Å². The number of methoxy groups -OCH3 is 2. The van der Waals surface area contributed by atoms with Crippen LogP contribution in [0.15, 0.2) is 12.1 Å². The Morgan fingerprint density at radius 3 is 2.32 bits per heavy atom. The zero-order valence-corrected chi connectivity index (χ0v) is 13.6. The molecule has 0 unspecified atom stereocenters.